The van der Waals surface area contributed by atoms with Gasteiger partial charge in [-0.15, -0.1) is 0 Å². The Balaban J connectivity index is 2.03. The third-order valence-electron chi connectivity index (χ3n) is 5.36. The Hall–Kier alpha value is -3.53. The Labute approximate surface area is 183 Å². The van der Waals surface area contributed by atoms with Crippen molar-refractivity contribution in [2.24, 2.45) is 5.16 Å². The maximum Gasteiger partial charge on any atom is 0.136 e. The summed E-state index contributed by atoms with van der Waals surface area (Å²) in [5.41, 5.74) is 10.5. The van der Waals surface area contributed by atoms with Gasteiger partial charge in [0.2, 0.25) is 0 Å². The van der Waals surface area contributed by atoms with E-state index in [0.717, 1.165) is 33.4 Å². The maximum absolute atomic E-state index is 5.49. The number of aryl methyl sites for hydroxylation is 4. The molecule has 0 unspecified atom stereocenters. The molecule has 2 heterocycles. The first kappa shape index (κ1) is 20.7. The van der Waals surface area contributed by atoms with Crippen LogP contribution >= 0.6 is 0 Å². The molecule has 0 aliphatic heterocycles. The van der Waals surface area contributed by atoms with Gasteiger partial charge in [0, 0.05) is 28.4 Å². The van der Waals surface area contributed by atoms with Crippen LogP contribution in [-0.2, 0) is 4.84 Å². The molecule has 0 saturated carbocycles. The second-order valence-electron chi connectivity index (χ2n) is 7.86. The van der Waals surface area contributed by atoms with Gasteiger partial charge in [-0.05, 0) is 69.5 Å². The van der Waals surface area contributed by atoms with Crippen molar-refractivity contribution in [2.45, 2.75) is 34.6 Å². The third-order valence-corrected chi connectivity index (χ3v) is 5.36. The minimum absolute atomic E-state index is 0.491. The molecule has 4 nitrogen and oxygen atoms in total. The second kappa shape index (κ2) is 8.68. The van der Waals surface area contributed by atoms with E-state index in [-0.39, 0.29) is 0 Å². The molecule has 0 fully saturated rings. The molecule has 0 bridgehead atoms. The van der Waals surface area contributed by atoms with E-state index in [1.165, 1.54) is 22.3 Å². The predicted octanol–water partition coefficient (Wildman–Crippen LogP) is 6.32. The van der Waals surface area contributed by atoms with Crippen molar-refractivity contribution in [2.75, 3.05) is 6.61 Å². The van der Waals surface area contributed by atoms with Crippen LogP contribution in [0.3, 0.4) is 0 Å². The largest absolute Gasteiger partial charge is 0.396 e. The molecule has 31 heavy (non-hydrogen) atoms. The minimum Gasteiger partial charge on any atom is -0.396 e. The lowest BCUT2D eigenvalue weighted by Crippen LogP contribution is -2.09. The summed E-state index contributed by atoms with van der Waals surface area (Å²) in [5.74, 6) is 0. The van der Waals surface area contributed by atoms with Gasteiger partial charge < -0.3 is 4.84 Å². The molecule has 0 aliphatic carbocycles. The Morgan fingerprint density at radius 3 is 2.39 bits per heavy atom. The molecule has 0 aliphatic rings. The van der Waals surface area contributed by atoms with E-state index in [1.54, 1.807) is 6.20 Å². The van der Waals surface area contributed by atoms with Crippen molar-refractivity contribution in [3.8, 4) is 11.1 Å². The van der Waals surface area contributed by atoms with Gasteiger partial charge in [0.05, 0.1) is 11.2 Å². The first-order valence-corrected chi connectivity index (χ1v) is 10.6. The van der Waals surface area contributed by atoms with E-state index in [1.807, 2.05) is 32.0 Å². The topological polar surface area (TPSA) is 47.4 Å². The second-order valence-corrected chi connectivity index (χ2v) is 7.86. The minimum atomic E-state index is 0.491. The molecular weight excluding hydrogens is 382 g/mol. The van der Waals surface area contributed by atoms with E-state index in [4.69, 9.17) is 9.82 Å². The van der Waals surface area contributed by atoms with Gasteiger partial charge >= 0.3 is 0 Å². The average molecular weight is 410 g/mol. The highest BCUT2D eigenvalue weighted by Gasteiger charge is 2.18. The van der Waals surface area contributed by atoms with Crippen LogP contribution < -0.4 is 0 Å². The number of pyridine rings is 2. The van der Waals surface area contributed by atoms with E-state index >= 15 is 0 Å². The number of oxime groups is 1. The first-order valence-electron chi connectivity index (χ1n) is 10.6. The summed E-state index contributed by atoms with van der Waals surface area (Å²) < 4.78 is 0. The van der Waals surface area contributed by atoms with Crippen molar-refractivity contribution < 1.29 is 4.84 Å². The highest BCUT2D eigenvalue weighted by molar-refractivity contribution is 6.19. The van der Waals surface area contributed by atoms with Crippen LogP contribution in [0.1, 0.15) is 40.6 Å². The van der Waals surface area contributed by atoms with Crippen LogP contribution in [0.4, 0.5) is 0 Å². The van der Waals surface area contributed by atoms with Crippen LogP contribution in [0, 0.1) is 27.7 Å². The third kappa shape index (κ3) is 4.06. The molecule has 2 aromatic carbocycles. The predicted molar refractivity (Wildman–Crippen MR) is 128 cm³/mol. The summed E-state index contributed by atoms with van der Waals surface area (Å²) in [6.07, 6.45) is 1.78. The fourth-order valence-electron chi connectivity index (χ4n) is 4.24. The summed E-state index contributed by atoms with van der Waals surface area (Å²) in [6.45, 7) is 10.9. The number of fused-ring (bicyclic) bond motifs is 1. The van der Waals surface area contributed by atoms with E-state index in [9.17, 15) is 0 Å². The van der Waals surface area contributed by atoms with Crippen LogP contribution in [-0.4, -0.2) is 22.3 Å². The van der Waals surface area contributed by atoms with Crippen LogP contribution in [0.5, 0.6) is 0 Å². The van der Waals surface area contributed by atoms with Crippen molar-refractivity contribution in [3.05, 3.63) is 94.4 Å². The summed E-state index contributed by atoms with van der Waals surface area (Å²) in [7, 11) is 0. The zero-order valence-corrected chi connectivity index (χ0v) is 18.7. The Bertz CT molecular complexity index is 1250. The molecule has 0 radical (unpaired) electrons. The summed E-state index contributed by atoms with van der Waals surface area (Å²) in [5, 5.41) is 5.48. The van der Waals surface area contributed by atoms with E-state index in [2.05, 4.69) is 67.3 Å². The number of benzene rings is 2. The number of hydrogen-bond donors (Lipinski definition) is 0. The average Bonchev–Trinajstić information content (AvgIpc) is 2.74. The zero-order chi connectivity index (χ0) is 22.0. The van der Waals surface area contributed by atoms with E-state index < -0.39 is 0 Å². The molecule has 0 N–H and O–H groups in total. The molecule has 0 amide bonds. The molecule has 2 aromatic heterocycles. The first-order chi connectivity index (χ1) is 15.0. The monoisotopic (exact) mass is 409 g/mol. The number of para-hydroxylation sites is 1. The SMILES string of the molecule is CCON=C(c1ccccn1)c1cc(C)nc2c(-c3c(C)cc(C)cc3C)cccc12. The maximum atomic E-state index is 5.49. The normalized spacial score (nSPS) is 11.7. The highest BCUT2D eigenvalue weighted by atomic mass is 16.6. The molecule has 0 atom stereocenters. The fourth-order valence-corrected chi connectivity index (χ4v) is 4.24. The molecule has 0 spiro atoms. The smallest absolute Gasteiger partial charge is 0.136 e. The van der Waals surface area contributed by atoms with Gasteiger partial charge in [0.1, 0.15) is 12.3 Å². The Morgan fingerprint density at radius 2 is 1.71 bits per heavy atom. The standard InChI is InChI=1S/C27H27N3O/c1-6-31-30-27(24-12-7-8-13-28-24)23-16-20(5)29-26-21(23)10-9-11-22(26)25-18(3)14-17(2)15-19(25)4/h7-16H,6H2,1-5H3. The van der Waals surface area contributed by atoms with Gasteiger partial charge in [0.25, 0.3) is 0 Å². The fraction of sp³-hybridized carbons (Fsp3) is 0.222. The molecule has 156 valence electrons. The van der Waals surface area contributed by atoms with Crippen molar-refractivity contribution >= 4 is 16.6 Å². The molecule has 0 saturated heterocycles. The molecule has 4 heteroatoms. The number of nitrogens with zero attached hydrogens (tertiary/aromatic N) is 3. The van der Waals surface area contributed by atoms with Gasteiger partial charge in [0.15, 0.2) is 0 Å². The summed E-state index contributed by atoms with van der Waals surface area (Å²) in [4.78, 5) is 15.0. The molecule has 4 aromatic rings. The Morgan fingerprint density at radius 1 is 0.935 bits per heavy atom. The van der Waals surface area contributed by atoms with Crippen molar-refractivity contribution in [1.29, 1.82) is 0 Å². The molecular formula is C27H27N3O. The number of rotatable bonds is 5. The van der Waals surface area contributed by atoms with Crippen LogP contribution in [0.2, 0.25) is 0 Å². The number of aromatic nitrogens is 2. The van der Waals surface area contributed by atoms with E-state index in [0.29, 0.717) is 12.3 Å². The summed E-state index contributed by atoms with van der Waals surface area (Å²) >= 11 is 0. The lowest BCUT2D eigenvalue weighted by atomic mass is 9.90. The van der Waals surface area contributed by atoms with Gasteiger partial charge in [-0.2, -0.15) is 0 Å². The lowest BCUT2D eigenvalue weighted by Gasteiger charge is -2.16. The Kier molecular flexibility index (Phi) is 5.81. The van der Waals surface area contributed by atoms with Crippen molar-refractivity contribution in [3.63, 3.8) is 0 Å². The number of hydrogen-bond acceptors (Lipinski definition) is 4. The molecule has 4 rings (SSSR count). The highest BCUT2D eigenvalue weighted by Crippen LogP contribution is 2.35. The van der Waals surface area contributed by atoms with Crippen LogP contribution in [0.25, 0.3) is 22.0 Å². The van der Waals surface area contributed by atoms with Gasteiger partial charge in [-0.25, -0.2) is 0 Å². The quantitative estimate of drug-likeness (QED) is 0.286. The van der Waals surface area contributed by atoms with Crippen molar-refractivity contribution in [1.82, 2.24) is 9.97 Å². The summed E-state index contributed by atoms with van der Waals surface area (Å²) in [6, 6.07) is 18.7. The zero-order valence-electron chi connectivity index (χ0n) is 18.7. The van der Waals surface area contributed by atoms with Crippen LogP contribution in [0.15, 0.2) is 65.9 Å². The van der Waals surface area contributed by atoms with Gasteiger partial charge in [-0.1, -0.05) is 47.1 Å². The lowest BCUT2D eigenvalue weighted by molar-refractivity contribution is 0.159. The van der Waals surface area contributed by atoms with Gasteiger partial charge in [-0.3, -0.25) is 9.97 Å².